The molecule has 1 unspecified atom stereocenters. The van der Waals surface area contributed by atoms with Crippen LogP contribution in [0.3, 0.4) is 0 Å². The van der Waals surface area contributed by atoms with Gasteiger partial charge in [0.15, 0.2) is 0 Å². The van der Waals surface area contributed by atoms with Crippen molar-refractivity contribution in [3.05, 3.63) is 18.3 Å². The molecular formula is C12H14N2O4. The van der Waals surface area contributed by atoms with Crippen LogP contribution in [0, 0.1) is 5.92 Å². The van der Waals surface area contributed by atoms with E-state index in [4.69, 9.17) is 4.74 Å². The van der Waals surface area contributed by atoms with Crippen LogP contribution < -0.4 is 9.64 Å². The highest BCUT2D eigenvalue weighted by Gasteiger charge is 2.36. The zero-order valence-electron chi connectivity index (χ0n) is 10.3. The number of nitrogens with zero attached hydrogens (tertiary/aromatic N) is 2. The van der Waals surface area contributed by atoms with Crippen molar-refractivity contribution >= 4 is 17.7 Å². The third kappa shape index (κ3) is 2.27. The quantitative estimate of drug-likeness (QED) is 0.735. The highest BCUT2D eigenvalue weighted by atomic mass is 16.5. The molecule has 6 heteroatoms. The van der Waals surface area contributed by atoms with E-state index >= 15 is 0 Å². The van der Waals surface area contributed by atoms with Crippen molar-refractivity contribution in [2.75, 3.05) is 25.7 Å². The Labute approximate surface area is 105 Å². The largest absolute Gasteiger partial charge is 0.497 e. The number of carbonyl (C=O) groups is 2. The first-order valence-corrected chi connectivity index (χ1v) is 5.54. The summed E-state index contributed by atoms with van der Waals surface area (Å²) in [7, 11) is 2.86. The first kappa shape index (κ1) is 12.3. The van der Waals surface area contributed by atoms with Gasteiger partial charge >= 0.3 is 5.97 Å². The van der Waals surface area contributed by atoms with Crippen molar-refractivity contribution in [3.63, 3.8) is 0 Å². The van der Waals surface area contributed by atoms with Gasteiger partial charge in [0.25, 0.3) is 0 Å². The molecule has 0 bridgehead atoms. The Kier molecular flexibility index (Phi) is 3.45. The molecule has 0 saturated carbocycles. The van der Waals surface area contributed by atoms with Gasteiger partial charge in [0.1, 0.15) is 11.6 Å². The molecule has 0 aromatic carbocycles. The maximum absolute atomic E-state index is 11.8. The Hall–Kier alpha value is -2.11. The van der Waals surface area contributed by atoms with E-state index in [2.05, 4.69) is 9.72 Å². The number of hydrogen-bond acceptors (Lipinski definition) is 5. The molecule has 1 atom stereocenters. The van der Waals surface area contributed by atoms with E-state index in [1.54, 1.807) is 25.4 Å². The lowest BCUT2D eigenvalue weighted by Gasteiger charge is -2.15. The first-order valence-electron chi connectivity index (χ1n) is 5.54. The summed E-state index contributed by atoms with van der Waals surface area (Å²) >= 11 is 0. The SMILES string of the molecule is COC(=O)C1CC(=O)N(c2cc(OC)ccn2)C1. The highest BCUT2D eigenvalue weighted by molar-refractivity contribution is 5.98. The summed E-state index contributed by atoms with van der Waals surface area (Å²) in [6, 6.07) is 3.36. The molecule has 1 amide bonds. The van der Waals surface area contributed by atoms with Crippen LogP contribution in [0.2, 0.25) is 0 Å². The fraction of sp³-hybridized carbons (Fsp3) is 0.417. The summed E-state index contributed by atoms with van der Waals surface area (Å²) in [5.41, 5.74) is 0. The normalized spacial score (nSPS) is 18.9. The molecule has 2 rings (SSSR count). The number of ether oxygens (including phenoxy) is 2. The number of anilines is 1. The molecule has 1 aromatic rings. The number of hydrogen-bond donors (Lipinski definition) is 0. The van der Waals surface area contributed by atoms with E-state index in [1.165, 1.54) is 12.0 Å². The molecular weight excluding hydrogens is 236 g/mol. The van der Waals surface area contributed by atoms with Crippen LogP contribution in [0.15, 0.2) is 18.3 Å². The summed E-state index contributed by atoms with van der Waals surface area (Å²) in [5, 5.41) is 0. The van der Waals surface area contributed by atoms with Gasteiger partial charge in [-0.15, -0.1) is 0 Å². The molecule has 1 aromatic heterocycles. The van der Waals surface area contributed by atoms with Gasteiger partial charge in [0.05, 0.1) is 20.1 Å². The number of amides is 1. The van der Waals surface area contributed by atoms with Crippen LogP contribution in [0.4, 0.5) is 5.82 Å². The molecule has 6 nitrogen and oxygen atoms in total. The topological polar surface area (TPSA) is 68.7 Å². The van der Waals surface area contributed by atoms with Crippen LogP contribution in [0.5, 0.6) is 5.75 Å². The maximum atomic E-state index is 11.8. The Morgan fingerprint density at radius 2 is 2.28 bits per heavy atom. The van der Waals surface area contributed by atoms with E-state index < -0.39 is 5.92 Å². The molecule has 1 aliphatic rings. The molecule has 0 aliphatic carbocycles. The van der Waals surface area contributed by atoms with Crippen molar-refractivity contribution in [3.8, 4) is 5.75 Å². The number of esters is 1. The second-order valence-corrected chi connectivity index (χ2v) is 3.98. The van der Waals surface area contributed by atoms with Crippen molar-refractivity contribution in [1.29, 1.82) is 0 Å². The molecule has 0 spiro atoms. The van der Waals surface area contributed by atoms with Crippen LogP contribution in [-0.4, -0.2) is 37.6 Å². The number of aromatic nitrogens is 1. The lowest BCUT2D eigenvalue weighted by molar-refractivity contribution is -0.145. The Balaban J connectivity index is 2.18. The van der Waals surface area contributed by atoms with Crippen molar-refractivity contribution in [2.24, 2.45) is 5.92 Å². The first-order chi connectivity index (χ1) is 8.65. The van der Waals surface area contributed by atoms with Gasteiger partial charge in [-0.3, -0.25) is 14.5 Å². The molecule has 1 aliphatic heterocycles. The zero-order valence-corrected chi connectivity index (χ0v) is 10.3. The second-order valence-electron chi connectivity index (χ2n) is 3.98. The monoisotopic (exact) mass is 250 g/mol. The smallest absolute Gasteiger partial charge is 0.311 e. The lowest BCUT2D eigenvalue weighted by Crippen LogP contribution is -2.26. The minimum absolute atomic E-state index is 0.133. The lowest BCUT2D eigenvalue weighted by atomic mass is 10.1. The third-order valence-corrected chi connectivity index (χ3v) is 2.89. The average molecular weight is 250 g/mol. The van der Waals surface area contributed by atoms with Crippen LogP contribution in [-0.2, 0) is 14.3 Å². The average Bonchev–Trinajstić information content (AvgIpc) is 2.80. The molecule has 1 fully saturated rings. The van der Waals surface area contributed by atoms with Crippen LogP contribution >= 0.6 is 0 Å². The third-order valence-electron chi connectivity index (χ3n) is 2.89. The van der Waals surface area contributed by atoms with Gasteiger partial charge in [0, 0.05) is 25.2 Å². The van der Waals surface area contributed by atoms with Gasteiger partial charge in [-0.1, -0.05) is 0 Å². The van der Waals surface area contributed by atoms with Gasteiger partial charge in [0.2, 0.25) is 5.91 Å². The van der Waals surface area contributed by atoms with E-state index in [9.17, 15) is 9.59 Å². The van der Waals surface area contributed by atoms with Gasteiger partial charge in [-0.25, -0.2) is 4.98 Å². The van der Waals surface area contributed by atoms with Crippen LogP contribution in [0.25, 0.3) is 0 Å². The Morgan fingerprint density at radius 3 is 2.94 bits per heavy atom. The summed E-state index contributed by atoms with van der Waals surface area (Å²) in [4.78, 5) is 28.8. The van der Waals surface area contributed by atoms with E-state index in [-0.39, 0.29) is 18.3 Å². The van der Waals surface area contributed by atoms with Crippen molar-refractivity contribution < 1.29 is 19.1 Å². The number of methoxy groups -OCH3 is 2. The van der Waals surface area contributed by atoms with Crippen molar-refractivity contribution in [1.82, 2.24) is 4.98 Å². The van der Waals surface area contributed by atoms with Crippen molar-refractivity contribution in [2.45, 2.75) is 6.42 Å². The molecule has 1 saturated heterocycles. The highest BCUT2D eigenvalue weighted by Crippen LogP contribution is 2.26. The summed E-state index contributed by atoms with van der Waals surface area (Å²) < 4.78 is 9.72. The molecule has 96 valence electrons. The number of rotatable bonds is 3. The zero-order chi connectivity index (χ0) is 13.1. The minimum Gasteiger partial charge on any atom is -0.497 e. The number of carbonyl (C=O) groups excluding carboxylic acids is 2. The minimum atomic E-state index is -0.421. The fourth-order valence-corrected chi connectivity index (χ4v) is 1.93. The molecule has 0 N–H and O–H groups in total. The predicted octanol–water partition coefficient (Wildman–Crippen LogP) is 0.616. The number of pyridine rings is 1. The van der Waals surface area contributed by atoms with Gasteiger partial charge in [-0.2, -0.15) is 0 Å². The Morgan fingerprint density at radius 1 is 1.50 bits per heavy atom. The maximum Gasteiger partial charge on any atom is 0.311 e. The Bertz CT molecular complexity index is 475. The second kappa shape index (κ2) is 5.03. The van der Waals surface area contributed by atoms with E-state index in [0.29, 0.717) is 18.1 Å². The van der Waals surface area contributed by atoms with E-state index in [1.807, 2.05) is 0 Å². The standard InChI is InChI=1S/C12H14N2O4/c1-17-9-3-4-13-10(6-9)14-7-8(5-11(14)15)12(16)18-2/h3-4,6,8H,5,7H2,1-2H3. The summed E-state index contributed by atoms with van der Waals surface area (Å²) in [6.07, 6.45) is 1.72. The van der Waals surface area contributed by atoms with Gasteiger partial charge in [-0.05, 0) is 6.07 Å². The predicted molar refractivity (Wildman–Crippen MR) is 63.3 cm³/mol. The van der Waals surface area contributed by atoms with E-state index in [0.717, 1.165) is 0 Å². The summed E-state index contributed by atoms with van der Waals surface area (Å²) in [6.45, 7) is 0.297. The van der Waals surface area contributed by atoms with Gasteiger partial charge < -0.3 is 9.47 Å². The molecule has 18 heavy (non-hydrogen) atoms. The molecule has 2 heterocycles. The van der Waals surface area contributed by atoms with Crippen LogP contribution in [0.1, 0.15) is 6.42 Å². The summed E-state index contributed by atoms with van der Waals surface area (Å²) in [5.74, 6) is 0.190. The fourth-order valence-electron chi connectivity index (χ4n) is 1.93. The molecule has 0 radical (unpaired) electrons.